The molecule has 0 radical (unpaired) electrons. The van der Waals surface area contributed by atoms with Gasteiger partial charge in [-0.2, -0.15) is 0 Å². The SMILES string of the molecule is Cc1nc(-c2cccc(-c3cccc(-c4ccn5c(=O)c(CNC[C@H]6CCC(=O)N6)cnc5c4)c3C)c2Cl)ccc1CNC[C@@H]1CCC(=O)N1. The predicted octanol–water partition coefficient (Wildman–Crippen LogP) is 5.10. The fourth-order valence-corrected chi connectivity index (χ4v) is 7.25. The summed E-state index contributed by atoms with van der Waals surface area (Å²) in [6, 6.07) is 20.4. The van der Waals surface area contributed by atoms with Crippen LogP contribution in [0.15, 0.2) is 77.9 Å². The van der Waals surface area contributed by atoms with Crippen LogP contribution in [0.2, 0.25) is 5.02 Å². The molecule has 4 N–H and O–H groups in total. The third-order valence-corrected chi connectivity index (χ3v) is 10.2. The number of carbonyl (C=O) groups excluding carboxylic acids is 2. The normalized spacial score (nSPS) is 17.3. The van der Waals surface area contributed by atoms with Crippen molar-refractivity contribution in [1.29, 1.82) is 0 Å². The summed E-state index contributed by atoms with van der Waals surface area (Å²) in [4.78, 5) is 45.8. The van der Waals surface area contributed by atoms with E-state index in [1.165, 1.54) is 0 Å². The number of halogens is 1. The van der Waals surface area contributed by atoms with Crippen LogP contribution in [-0.4, -0.2) is 51.4 Å². The Morgan fingerprint density at radius 2 is 1.44 bits per heavy atom. The molecule has 2 aromatic carbocycles. The van der Waals surface area contributed by atoms with E-state index < -0.39 is 0 Å². The van der Waals surface area contributed by atoms with E-state index in [2.05, 4.69) is 51.4 Å². The first-order chi connectivity index (χ1) is 24.2. The van der Waals surface area contributed by atoms with E-state index in [0.29, 0.717) is 48.7 Å². The van der Waals surface area contributed by atoms with E-state index >= 15 is 0 Å². The number of aryl methyl sites for hydroxylation is 1. The lowest BCUT2D eigenvalue weighted by molar-refractivity contribution is -0.120. The zero-order chi connectivity index (χ0) is 34.8. The molecule has 7 rings (SSSR count). The topological polar surface area (TPSA) is 130 Å². The van der Waals surface area contributed by atoms with Crippen LogP contribution in [-0.2, 0) is 22.7 Å². The number of benzene rings is 2. The average molecular weight is 690 g/mol. The predicted molar refractivity (Wildman–Crippen MR) is 196 cm³/mol. The number of fused-ring (bicyclic) bond motifs is 1. The molecule has 50 heavy (non-hydrogen) atoms. The molecular weight excluding hydrogens is 650 g/mol. The first-order valence-electron chi connectivity index (χ1n) is 17.1. The summed E-state index contributed by atoms with van der Waals surface area (Å²) in [6.07, 6.45) is 6.22. The van der Waals surface area contributed by atoms with Crippen molar-refractivity contribution in [2.45, 2.75) is 64.7 Å². The van der Waals surface area contributed by atoms with Gasteiger partial charge in [0.2, 0.25) is 11.8 Å². The van der Waals surface area contributed by atoms with Gasteiger partial charge in [-0.1, -0.05) is 54.1 Å². The van der Waals surface area contributed by atoms with Gasteiger partial charge in [0.05, 0.1) is 10.7 Å². The van der Waals surface area contributed by atoms with Gasteiger partial charge in [0.25, 0.3) is 5.56 Å². The first kappa shape index (κ1) is 33.6. The van der Waals surface area contributed by atoms with Crippen molar-refractivity contribution in [3.63, 3.8) is 0 Å². The zero-order valence-corrected chi connectivity index (χ0v) is 28.9. The third-order valence-electron chi connectivity index (χ3n) is 9.77. The van der Waals surface area contributed by atoms with Crippen LogP contribution in [0.4, 0.5) is 0 Å². The standard InChI is InChI=1S/C39H40ClN7O3/c1-23-30(25-15-16-47-35(17-25)43-20-27(39(47)50)19-42-22-29-11-14-37(49)46-29)5-3-6-31(23)32-7-4-8-33(38(32)40)34-12-9-26(24(2)44-34)18-41-21-28-10-13-36(48)45-28/h3-9,12,15-17,20,28-29,41-42H,10-11,13-14,18-19,21-22H2,1-2H3,(H,45,48)(H,46,49)/t28-,29+/m0/s1. The zero-order valence-electron chi connectivity index (χ0n) is 28.2. The van der Waals surface area contributed by atoms with Gasteiger partial charge in [-0.15, -0.1) is 0 Å². The number of nitrogens with zero attached hydrogens (tertiary/aromatic N) is 3. The summed E-state index contributed by atoms with van der Waals surface area (Å²) in [5.74, 6) is 0.196. The van der Waals surface area contributed by atoms with Gasteiger partial charge in [0.1, 0.15) is 5.65 Å². The summed E-state index contributed by atoms with van der Waals surface area (Å²) in [5.41, 5.74) is 9.66. The third kappa shape index (κ3) is 7.05. The van der Waals surface area contributed by atoms with Crippen molar-refractivity contribution in [2.24, 2.45) is 0 Å². The Bertz CT molecular complexity index is 2160. The molecule has 0 saturated carbocycles. The van der Waals surface area contributed by atoms with Crippen molar-refractivity contribution in [3.8, 4) is 33.5 Å². The van der Waals surface area contributed by atoms with Gasteiger partial charge < -0.3 is 21.3 Å². The van der Waals surface area contributed by atoms with Gasteiger partial charge in [-0.3, -0.25) is 23.8 Å². The maximum atomic E-state index is 13.3. The molecule has 256 valence electrons. The highest BCUT2D eigenvalue weighted by Gasteiger charge is 2.21. The molecule has 2 aliphatic heterocycles. The molecule has 5 aromatic rings. The monoisotopic (exact) mass is 689 g/mol. The number of pyridine rings is 2. The van der Waals surface area contributed by atoms with Crippen molar-refractivity contribution in [2.75, 3.05) is 13.1 Å². The number of rotatable bonds is 11. The average Bonchev–Trinajstić information content (AvgIpc) is 3.73. The summed E-state index contributed by atoms with van der Waals surface area (Å²) in [7, 11) is 0. The summed E-state index contributed by atoms with van der Waals surface area (Å²) >= 11 is 7.14. The number of carbonyl (C=O) groups is 2. The molecule has 10 nitrogen and oxygen atoms in total. The van der Waals surface area contributed by atoms with Crippen molar-refractivity contribution in [3.05, 3.63) is 111 Å². The Morgan fingerprint density at radius 3 is 2.10 bits per heavy atom. The Kier molecular flexibility index (Phi) is 9.76. The minimum atomic E-state index is -0.120. The molecule has 5 heterocycles. The van der Waals surface area contributed by atoms with Crippen molar-refractivity contribution >= 4 is 29.1 Å². The molecule has 11 heteroatoms. The molecule has 2 aliphatic rings. The molecule has 3 aromatic heterocycles. The molecular formula is C39H40ClN7O3. The van der Waals surface area contributed by atoms with Crippen LogP contribution in [0.5, 0.6) is 0 Å². The summed E-state index contributed by atoms with van der Waals surface area (Å²) < 4.78 is 1.57. The highest BCUT2D eigenvalue weighted by Crippen LogP contribution is 2.39. The van der Waals surface area contributed by atoms with Crippen LogP contribution < -0.4 is 26.8 Å². The Labute approximate surface area is 295 Å². The molecule has 2 atom stereocenters. The van der Waals surface area contributed by atoms with Crippen LogP contribution in [0, 0.1) is 13.8 Å². The second-order valence-electron chi connectivity index (χ2n) is 13.2. The van der Waals surface area contributed by atoms with Crippen LogP contribution >= 0.6 is 11.6 Å². The Morgan fingerprint density at radius 1 is 0.800 bits per heavy atom. The van der Waals surface area contributed by atoms with Crippen LogP contribution in [0.1, 0.15) is 48.1 Å². The first-order valence-corrected chi connectivity index (χ1v) is 17.5. The van der Waals surface area contributed by atoms with Gasteiger partial charge in [-0.25, -0.2) is 4.98 Å². The molecule has 2 amide bonds. The van der Waals surface area contributed by atoms with Gasteiger partial charge in [0.15, 0.2) is 0 Å². The smallest absolute Gasteiger partial charge is 0.262 e. The Hall–Kier alpha value is -4.90. The molecule has 0 unspecified atom stereocenters. The maximum absolute atomic E-state index is 13.3. The van der Waals surface area contributed by atoms with E-state index in [1.807, 2.05) is 49.4 Å². The van der Waals surface area contributed by atoms with E-state index in [4.69, 9.17) is 16.6 Å². The molecule has 0 bridgehead atoms. The molecule has 2 fully saturated rings. The lowest BCUT2D eigenvalue weighted by Gasteiger charge is -2.16. The number of hydrogen-bond acceptors (Lipinski definition) is 7. The molecule has 2 saturated heterocycles. The van der Waals surface area contributed by atoms with E-state index in [0.717, 1.165) is 69.7 Å². The second-order valence-corrected chi connectivity index (χ2v) is 13.6. The highest BCUT2D eigenvalue weighted by atomic mass is 35.5. The minimum absolute atomic E-state index is 0.0738. The van der Waals surface area contributed by atoms with E-state index in [1.54, 1.807) is 16.8 Å². The largest absolute Gasteiger partial charge is 0.352 e. The van der Waals surface area contributed by atoms with Crippen molar-refractivity contribution < 1.29 is 9.59 Å². The lowest BCUT2D eigenvalue weighted by Crippen LogP contribution is -2.36. The number of aromatic nitrogens is 3. The molecule has 0 spiro atoms. The van der Waals surface area contributed by atoms with Crippen LogP contribution in [0.25, 0.3) is 39.2 Å². The Balaban J connectivity index is 1.09. The fraction of sp³-hybridized carbons (Fsp3) is 0.308. The van der Waals surface area contributed by atoms with Crippen LogP contribution in [0.3, 0.4) is 0 Å². The van der Waals surface area contributed by atoms with Gasteiger partial charge in [0, 0.05) is 85.9 Å². The lowest BCUT2D eigenvalue weighted by atomic mass is 9.92. The van der Waals surface area contributed by atoms with Gasteiger partial charge >= 0.3 is 0 Å². The molecule has 0 aliphatic carbocycles. The van der Waals surface area contributed by atoms with Gasteiger partial charge in [-0.05, 0) is 72.7 Å². The maximum Gasteiger partial charge on any atom is 0.262 e. The highest BCUT2D eigenvalue weighted by molar-refractivity contribution is 6.36. The number of hydrogen-bond donors (Lipinski definition) is 4. The summed E-state index contributed by atoms with van der Waals surface area (Å²) in [6.45, 7) is 6.48. The number of nitrogens with one attached hydrogen (secondary N) is 4. The quantitative estimate of drug-likeness (QED) is 0.152. The van der Waals surface area contributed by atoms with E-state index in [-0.39, 0.29) is 29.5 Å². The number of amides is 2. The fourth-order valence-electron chi connectivity index (χ4n) is 6.93. The van der Waals surface area contributed by atoms with E-state index in [9.17, 15) is 14.4 Å². The summed E-state index contributed by atoms with van der Waals surface area (Å²) in [5, 5.41) is 13.3. The second kappa shape index (κ2) is 14.5. The van der Waals surface area contributed by atoms with Crippen molar-refractivity contribution in [1.82, 2.24) is 35.6 Å². The minimum Gasteiger partial charge on any atom is -0.352 e.